The summed E-state index contributed by atoms with van der Waals surface area (Å²) in [5, 5.41) is 11.9. The third-order valence-electron chi connectivity index (χ3n) is 2.50. The first-order chi connectivity index (χ1) is 8.08. The van der Waals surface area contributed by atoms with Gasteiger partial charge in [-0.2, -0.15) is 5.41 Å². The second kappa shape index (κ2) is 4.33. The largest absolute Gasteiger partial charge is 0.317 e. The van der Waals surface area contributed by atoms with Crippen LogP contribution in [-0.2, 0) is 0 Å². The van der Waals surface area contributed by atoms with Crippen molar-refractivity contribution in [2.24, 2.45) is 0 Å². The highest BCUT2D eigenvalue weighted by molar-refractivity contribution is 5.68. The van der Waals surface area contributed by atoms with E-state index in [0.29, 0.717) is 11.7 Å². The molecule has 0 aliphatic rings. The molecule has 0 fully saturated rings. The Labute approximate surface area is 100 Å². The van der Waals surface area contributed by atoms with Crippen LogP contribution in [0.25, 0.3) is 11.3 Å². The molecule has 0 unspecified atom stereocenters. The highest BCUT2D eigenvalue weighted by Crippen LogP contribution is 2.17. The number of anilines is 1. The topological polar surface area (TPSA) is 66.6 Å². The van der Waals surface area contributed by atoms with Crippen LogP contribution >= 0.6 is 0 Å². The lowest BCUT2D eigenvalue weighted by atomic mass is 10.1. The Morgan fingerprint density at radius 2 is 2.06 bits per heavy atom. The van der Waals surface area contributed by atoms with Crippen molar-refractivity contribution in [2.45, 2.75) is 13.8 Å². The SMILES string of the molecule is CC(=N)[n+]1nc(-c2cccc(C)c2)ccc1N. The Balaban J connectivity index is 2.54. The number of nitrogens with two attached hydrogens (primary N) is 1. The zero-order valence-electron chi connectivity index (χ0n) is 9.94. The first kappa shape index (κ1) is 11.3. The Hall–Kier alpha value is -2.23. The summed E-state index contributed by atoms with van der Waals surface area (Å²) in [4.78, 5) is 0. The van der Waals surface area contributed by atoms with Crippen molar-refractivity contribution in [3.63, 3.8) is 0 Å². The molecular weight excluding hydrogens is 212 g/mol. The summed E-state index contributed by atoms with van der Waals surface area (Å²) in [5.41, 5.74) is 8.78. The minimum absolute atomic E-state index is 0.303. The van der Waals surface area contributed by atoms with E-state index in [2.05, 4.69) is 11.2 Å². The molecule has 1 heterocycles. The molecule has 0 aliphatic carbocycles. The maximum atomic E-state index is 7.60. The fourth-order valence-corrected chi connectivity index (χ4v) is 1.66. The molecule has 3 N–H and O–H groups in total. The Bertz CT molecular complexity index is 575. The summed E-state index contributed by atoms with van der Waals surface area (Å²) < 4.78 is 1.43. The number of nitrogen functional groups attached to an aromatic ring is 1. The Morgan fingerprint density at radius 1 is 1.29 bits per heavy atom. The van der Waals surface area contributed by atoms with Gasteiger partial charge in [0.05, 0.1) is 0 Å². The van der Waals surface area contributed by atoms with Crippen molar-refractivity contribution in [1.29, 1.82) is 5.41 Å². The van der Waals surface area contributed by atoms with E-state index in [-0.39, 0.29) is 0 Å². The summed E-state index contributed by atoms with van der Waals surface area (Å²) in [6.07, 6.45) is 0. The van der Waals surface area contributed by atoms with Crippen LogP contribution in [0.1, 0.15) is 12.5 Å². The van der Waals surface area contributed by atoms with Gasteiger partial charge in [-0.3, -0.25) is 0 Å². The first-order valence-electron chi connectivity index (χ1n) is 5.39. The third kappa shape index (κ3) is 2.30. The van der Waals surface area contributed by atoms with E-state index >= 15 is 0 Å². The fourth-order valence-electron chi connectivity index (χ4n) is 1.66. The first-order valence-corrected chi connectivity index (χ1v) is 5.39. The normalized spacial score (nSPS) is 10.2. The van der Waals surface area contributed by atoms with E-state index in [1.54, 1.807) is 13.0 Å². The fraction of sp³-hybridized carbons (Fsp3) is 0.154. The molecule has 1 aromatic carbocycles. The lowest BCUT2D eigenvalue weighted by molar-refractivity contribution is -0.607. The van der Waals surface area contributed by atoms with Crippen molar-refractivity contribution in [3.8, 4) is 11.3 Å². The molecule has 2 aromatic rings. The van der Waals surface area contributed by atoms with E-state index in [9.17, 15) is 0 Å². The maximum absolute atomic E-state index is 7.60. The van der Waals surface area contributed by atoms with Crippen LogP contribution < -0.4 is 10.4 Å². The predicted octanol–water partition coefficient (Wildman–Crippen LogP) is 1.77. The molecule has 0 saturated carbocycles. The molecule has 2 rings (SSSR count). The highest BCUT2D eigenvalue weighted by atomic mass is 15.3. The average molecular weight is 227 g/mol. The van der Waals surface area contributed by atoms with Crippen LogP contribution in [0.5, 0.6) is 0 Å². The van der Waals surface area contributed by atoms with Crippen LogP contribution in [0.4, 0.5) is 5.82 Å². The standard InChI is InChI=1S/C13H14N4/c1-9-4-3-5-11(8-9)12-6-7-13(15)17(16-12)10(2)14/h3-8,14-15H,1-2H3/p+1. The van der Waals surface area contributed by atoms with Gasteiger partial charge in [-0.15, -0.1) is 9.78 Å². The summed E-state index contributed by atoms with van der Waals surface area (Å²) >= 11 is 0. The lowest BCUT2D eigenvalue weighted by Gasteiger charge is -2.04. The molecule has 0 saturated heterocycles. The number of aryl methyl sites for hydroxylation is 1. The molecular formula is C13H15N4+. The molecule has 4 nitrogen and oxygen atoms in total. The quantitative estimate of drug-likeness (QED) is 0.443. The van der Waals surface area contributed by atoms with Crippen molar-refractivity contribution < 1.29 is 4.68 Å². The zero-order chi connectivity index (χ0) is 12.4. The predicted molar refractivity (Wildman–Crippen MR) is 67.8 cm³/mol. The molecule has 0 spiro atoms. The summed E-state index contributed by atoms with van der Waals surface area (Å²) in [6, 6.07) is 11.7. The number of hydrogen-bond donors (Lipinski definition) is 2. The number of nitrogens with zero attached hydrogens (tertiary/aromatic N) is 2. The second-order valence-corrected chi connectivity index (χ2v) is 4.01. The van der Waals surface area contributed by atoms with Gasteiger partial charge in [0.2, 0.25) is 5.82 Å². The van der Waals surface area contributed by atoms with E-state index in [4.69, 9.17) is 11.1 Å². The number of nitrogens with one attached hydrogen (secondary N) is 1. The smallest absolute Gasteiger partial charge is 0.251 e. The summed E-state index contributed by atoms with van der Waals surface area (Å²) in [5.74, 6) is 0.769. The van der Waals surface area contributed by atoms with Gasteiger partial charge in [0, 0.05) is 18.6 Å². The van der Waals surface area contributed by atoms with Gasteiger partial charge in [-0.1, -0.05) is 23.8 Å². The second-order valence-electron chi connectivity index (χ2n) is 4.01. The van der Waals surface area contributed by atoms with Gasteiger partial charge in [0.25, 0.3) is 5.84 Å². The Kier molecular flexibility index (Phi) is 2.87. The van der Waals surface area contributed by atoms with E-state index in [1.165, 1.54) is 10.2 Å². The van der Waals surface area contributed by atoms with Crippen molar-refractivity contribution >= 4 is 11.7 Å². The molecule has 0 aliphatic heterocycles. The summed E-state index contributed by atoms with van der Waals surface area (Å²) in [6.45, 7) is 3.69. The molecule has 0 atom stereocenters. The number of benzene rings is 1. The van der Waals surface area contributed by atoms with Gasteiger partial charge in [0.1, 0.15) is 5.69 Å². The van der Waals surface area contributed by atoms with Gasteiger partial charge in [0.15, 0.2) is 0 Å². The van der Waals surface area contributed by atoms with E-state index < -0.39 is 0 Å². The molecule has 4 heteroatoms. The molecule has 0 bridgehead atoms. The van der Waals surface area contributed by atoms with Crippen molar-refractivity contribution in [1.82, 2.24) is 5.10 Å². The van der Waals surface area contributed by atoms with Crippen molar-refractivity contribution in [3.05, 3.63) is 42.0 Å². The van der Waals surface area contributed by atoms with Crippen LogP contribution in [0.2, 0.25) is 0 Å². The maximum Gasteiger partial charge on any atom is 0.251 e. The van der Waals surface area contributed by atoms with Crippen LogP contribution in [0, 0.1) is 12.3 Å². The number of aromatic nitrogens is 2. The monoisotopic (exact) mass is 227 g/mol. The van der Waals surface area contributed by atoms with Gasteiger partial charge >= 0.3 is 0 Å². The summed E-state index contributed by atoms with van der Waals surface area (Å²) in [7, 11) is 0. The van der Waals surface area contributed by atoms with E-state index in [1.807, 2.05) is 31.2 Å². The minimum Gasteiger partial charge on any atom is -0.317 e. The molecule has 86 valence electrons. The molecule has 17 heavy (non-hydrogen) atoms. The highest BCUT2D eigenvalue weighted by Gasteiger charge is 2.10. The number of rotatable bonds is 1. The third-order valence-corrected chi connectivity index (χ3v) is 2.50. The molecule has 0 amide bonds. The zero-order valence-corrected chi connectivity index (χ0v) is 9.94. The van der Waals surface area contributed by atoms with Gasteiger partial charge in [-0.25, -0.2) is 0 Å². The number of hydrogen-bond acceptors (Lipinski definition) is 3. The van der Waals surface area contributed by atoms with Crippen LogP contribution in [0.15, 0.2) is 36.4 Å². The van der Waals surface area contributed by atoms with Crippen molar-refractivity contribution in [2.75, 3.05) is 5.73 Å². The lowest BCUT2D eigenvalue weighted by Crippen LogP contribution is -2.46. The minimum atomic E-state index is 0.303. The van der Waals surface area contributed by atoms with Crippen LogP contribution in [0.3, 0.4) is 0 Å². The Morgan fingerprint density at radius 3 is 2.71 bits per heavy atom. The van der Waals surface area contributed by atoms with Gasteiger partial charge < -0.3 is 5.73 Å². The van der Waals surface area contributed by atoms with E-state index in [0.717, 1.165) is 11.3 Å². The van der Waals surface area contributed by atoms with Gasteiger partial charge in [-0.05, 0) is 19.1 Å². The molecule has 0 radical (unpaired) electrons. The molecule has 1 aromatic heterocycles. The van der Waals surface area contributed by atoms with Crippen LogP contribution in [-0.4, -0.2) is 10.9 Å². The average Bonchev–Trinajstić information content (AvgIpc) is 2.29.